The Bertz CT molecular complexity index is 960. The van der Waals surface area contributed by atoms with Gasteiger partial charge in [0.15, 0.2) is 10.1 Å². The average Bonchev–Trinajstić information content (AvgIpc) is 3.13. The lowest BCUT2D eigenvalue weighted by molar-refractivity contribution is -0.385. The van der Waals surface area contributed by atoms with E-state index < -0.39 is 4.92 Å². The summed E-state index contributed by atoms with van der Waals surface area (Å²) in [6, 6.07) is 14.5. The molecular formula is C18H16N4O3S2. The van der Waals surface area contributed by atoms with Crippen molar-refractivity contribution in [1.82, 2.24) is 10.2 Å². The van der Waals surface area contributed by atoms with Crippen LogP contribution in [0.3, 0.4) is 0 Å². The van der Waals surface area contributed by atoms with Crippen LogP contribution in [0.5, 0.6) is 0 Å². The number of nitrogens with zero attached hydrogens (tertiary/aromatic N) is 3. The van der Waals surface area contributed by atoms with Gasteiger partial charge in [-0.15, -0.1) is 10.2 Å². The second-order valence-corrected chi connectivity index (χ2v) is 7.88. The number of rotatable bonds is 8. The van der Waals surface area contributed by atoms with Crippen molar-refractivity contribution >= 4 is 39.7 Å². The lowest BCUT2D eigenvalue weighted by Crippen LogP contribution is -2.04. The molecule has 1 heterocycles. The minimum atomic E-state index is -0.477. The summed E-state index contributed by atoms with van der Waals surface area (Å²) in [7, 11) is 0. The van der Waals surface area contributed by atoms with Crippen LogP contribution in [0.15, 0.2) is 52.9 Å². The minimum Gasteiger partial charge on any atom is -0.356 e. The van der Waals surface area contributed by atoms with Crippen LogP contribution in [0.1, 0.15) is 21.5 Å². The van der Waals surface area contributed by atoms with E-state index in [4.69, 9.17) is 0 Å². The fraction of sp³-hybridized carbons (Fsp3) is 0.167. The first-order chi connectivity index (χ1) is 13.0. The number of hydrogen-bond acceptors (Lipinski definition) is 8. The molecule has 27 heavy (non-hydrogen) atoms. The molecule has 0 saturated carbocycles. The molecule has 0 aliphatic heterocycles. The summed E-state index contributed by atoms with van der Waals surface area (Å²) in [6.07, 6.45) is 0. The fourth-order valence-corrected chi connectivity index (χ4v) is 3.95. The fourth-order valence-electron chi connectivity index (χ4n) is 2.30. The summed E-state index contributed by atoms with van der Waals surface area (Å²) in [4.78, 5) is 22.8. The third kappa shape index (κ3) is 5.11. The molecule has 2 aromatic carbocycles. The van der Waals surface area contributed by atoms with Gasteiger partial charge in [0.1, 0.15) is 0 Å². The molecule has 0 unspecified atom stereocenters. The summed E-state index contributed by atoms with van der Waals surface area (Å²) in [5.74, 6) is -0.0369. The Labute approximate surface area is 164 Å². The Hall–Kier alpha value is -2.78. The van der Waals surface area contributed by atoms with E-state index in [1.54, 1.807) is 19.1 Å². The zero-order valence-corrected chi connectivity index (χ0v) is 16.0. The van der Waals surface area contributed by atoms with Crippen LogP contribution < -0.4 is 5.32 Å². The largest absolute Gasteiger partial charge is 0.356 e. The molecule has 3 rings (SSSR count). The predicted molar refractivity (Wildman–Crippen MR) is 107 cm³/mol. The lowest BCUT2D eigenvalue weighted by atomic mass is 10.1. The number of aromatic nitrogens is 2. The molecule has 0 saturated heterocycles. The number of hydrogen-bond donors (Lipinski definition) is 1. The molecule has 0 aliphatic rings. The molecule has 0 spiro atoms. The van der Waals surface area contributed by atoms with Crippen LogP contribution in [-0.2, 0) is 6.54 Å². The molecule has 1 N–H and O–H groups in total. The molecule has 9 heteroatoms. The first-order valence-electron chi connectivity index (χ1n) is 8.05. The van der Waals surface area contributed by atoms with Crippen LogP contribution in [0.2, 0.25) is 0 Å². The lowest BCUT2D eigenvalue weighted by Gasteiger charge is -2.02. The normalized spacial score (nSPS) is 10.6. The van der Waals surface area contributed by atoms with Crippen molar-refractivity contribution in [3.8, 4) is 0 Å². The summed E-state index contributed by atoms with van der Waals surface area (Å²) in [5, 5.41) is 23.0. The van der Waals surface area contributed by atoms with Crippen molar-refractivity contribution in [2.75, 3.05) is 11.1 Å². The Morgan fingerprint density at radius 3 is 2.74 bits per heavy atom. The molecule has 0 radical (unpaired) electrons. The van der Waals surface area contributed by atoms with Gasteiger partial charge in [-0.25, -0.2) is 0 Å². The second kappa shape index (κ2) is 8.74. The zero-order chi connectivity index (χ0) is 19.2. The van der Waals surface area contributed by atoms with E-state index in [1.165, 1.54) is 29.2 Å². The van der Waals surface area contributed by atoms with E-state index in [2.05, 4.69) is 15.5 Å². The maximum Gasteiger partial charge on any atom is 0.273 e. The molecule has 0 aliphatic carbocycles. The van der Waals surface area contributed by atoms with Gasteiger partial charge in [-0.05, 0) is 12.5 Å². The van der Waals surface area contributed by atoms with Gasteiger partial charge in [0, 0.05) is 23.7 Å². The Morgan fingerprint density at radius 2 is 2.00 bits per heavy atom. The number of nitro groups is 1. The number of ketones is 1. The average molecular weight is 400 g/mol. The van der Waals surface area contributed by atoms with E-state index in [1.807, 2.05) is 30.3 Å². The van der Waals surface area contributed by atoms with Gasteiger partial charge < -0.3 is 5.32 Å². The highest BCUT2D eigenvalue weighted by Gasteiger charge is 2.16. The van der Waals surface area contributed by atoms with Crippen molar-refractivity contribution < 1.29 is 9.72 Å². The van der Waals surface area contributed by atoms with Gasteiger partial charge in [0.2, 0.25) is 5.13 Å². The van der Waals surface area contributed by atoms with Crippen LogP contribution in [0.4, 0.5) is 10.8 Å². The molecule has 0 fully saturated rings. The second-order valence-electron chi connectivity index (χ2n) is 5.68. The molecule has 3 aromatic rings. The predicted octanol–water partition coefficient (Wildman–Crippen LogP) is 4.34. The van der Waals surface area contributed by atoms with E-state index in [0.717, 1.165) is 5.56 Å². The molecule has 7 nitrogen and oxygen atoms in total. The first kappa shape index (κ1) is 19.0. The van der Waals surface area contributed by atoms with Crippen LogP contribution in [-0.4, -0.2) is 26.7 Å². The van der Waals surface area contributed by atoms with Gasteiger partial charge >= 0.3 is 0 Å². The number of Topliss-reactive ketones (excluding diaryl/α,β-unsaturated/α-hetero) is 1. The molecule has 0 amide bonds. The van der Waals surface area contributed by atoms with Gasteiger partial charge in [-0.3, -0.25) is 14.9 Å². The number of nitrogens with one attached hydrogen (secondary N) is 1. The van der Waals surface area contributed by atoms with Crippen molar-refractivity contribution in [2.24, 2.45) is 0 Å². The van der Waals surface area contributed by atoms with E-state index in [-0.39, 0.29) is 17.2 Å². The molecular weight excluding hydrogens is 384 g/mol. The minimum absolute atomic E-state index is 0.0471. The summed E-state index contributed by atoms with van der Waals surface area (Å²) >= 11 is 2.64. The monoisotopic (exact) mass is 400 g/mol. The summed E-state index contributed by atoms with van der Waals surface area (Å²) in [5.41, 5.74) is 1.95. The quantitative estimate of drug-likeness (QED) is 0.260. The highest BCUT2D eigenvalue weighted by Crippen LogP contribution is 2.27. The van der Waals surface area contributed by atoms with Crippen molar-refractivity contribution in [1.29, 1.82) is 0 Å². The van der Waals surface area contributed by atoms with Gasteiger partial charge in [-0.1, -0.05) is 65.6 Å². The summed E-state index contributed by atoms with van der Waals surface area (Å²) < 4.78 is 0.667. The summed E-state index contributed by atoms with van der Waals surface area (Å²) in [6.45, 7) is 2.29. The van der Waals surface area contributed by atoms with Crippen molar-refractivity contribution in [3.05, 3.63) is 75.3 Å². The molecule has 0 atom stereocenters. The Morgan fingerprint density at radius 1 is 1.22 bits per heavy atom. The Balaban J connectivity index is 1.56. The van der Waals surface area contributed by atoms with Gasteiger partial charge in [-0.2, -0.15) is 0 Å². The Kier molecular flexibility index (Phi) is 6.15. The standard InChI is InChI=1S/C18H16N4O3S2/c1-12-7-8-14(9-15(12)22(24)25)16(23)11-26-18-21-20-17(27-18)19-10-13-5-3-2-4-6-13/h2-9H,10-11H2,1H3,(H,19,20). The van der Waals surface area contributed by atoms with E-state index >= 15 is 0 Å². The number of benzene rings is 2. The van der Waals surface area contributed by atoms with Gasteiger partial charge in [0.25, 0.3) is 5.69 Å². The first-order valence-corrected chi connectivity index (χ1v) is 9.85. The number of thioether (sulfide) groups is 1. The number of carbonyl (C=O) groups is 1. The van der Waals surface area contributed by atoms with Gasteiger partial charge in [0.05, 0.1) is 10.7 Å². The van der Waals surface area contributed by atoms with Crippen molar-refractivity contribution in [3.63, 3.8) is 0 Å². The third-order valence-corrected chi connectivity index (χ3v) is 5.76. The maximum atomic E-state index is 12.3. The number of nitro benzene ring substituents is 1. The molecule has 0 bridgehead atoms. The van der Waals surface area contributed by atoms with Crippen LogP contribution >= 0.6 is 23.1 Å². The van der Waals surface area contributed by atoms with E-state index in [9.17, 15) is 14.9 Å². The molecule has 1 aromatic heterocycles. The third-order valence-electron chi connectivity index (χ3n) is 3.75. The topological polar surface area (TPSA) is 98.0 Å². The SMILES string of the molecule is Cc1ccc(C(=O)CSc2nnc(NCc3ccccc3)s2)cc1[N+](=O)[O-]. The number of carbonyl (C=O) groups excluding carboxylic acids is 1. The van der Waals surface area contributed by atoms with Crippen LogP contribution in [0.25, 0.3) is 0 Å². The number of anilines is 1. The highest BCUT2D eigenvalue weighted by atomic mass is 32.2. The van der Waals surface area contributed by atoms with E-state index in [0.29, 0.717) is 27.1 Å². The molecule has 138 valence electrons. The zero-order valence-electron chi connectivity index (χ0n) is 14.4. The number of aryl methyl sites for hydroxylation is 1. The maximum absolute atomic E-state index is 12.3. The van der Waals surface area contributed by atoms with Crippen molar-refractivity contribution in [2.45, 2.75) is 17.8 Å². The van der Waals surface area contributed by atoms with Crippen LogP contribution in [0, 0.1) is 17.0 Å². The smallest absolute Gasteiger partial charge is 0.273 e. The highest BCUT2D eigenvalue weighted by molar-refractivity contribution is 8.01.